The van der Waals surface area contributed by atoms with Crippen LogP contribution in [0.3, 0.4) is 0 Å². The van der Waals surface area contributed by atoms with Crippen molar-refractivity contribution in [3.8, 4) is 0 Å². The zero-order valence-electron chi connectivity index (χ0n) is 16.2. The number of aromatic nitrogens is 1. The SMILES string of the molecule is O=C(CCCc1nc2ccccc2s1)N1CCN(CCc2ccccc2)CC1. The fourth-order valence-electron chi connectivity index (χ4n) is 3.73. The molecular weight excluding hydrogens is 366 g/mol. The number of nitrogens with zero attached hydrogens (tertiary/aromatic N) is 3. The molecule has 0 bridgehead atoms. The van der Waals surface area contributed by atoms with Gasteiger partial charge in [0.15, 0.2) is 0 Å². The Morgan fingerprint density at radius 3 is 2.46 bits per heavy atom. The molecule has 0 unspecified atom stereocenters. The molecular formula is C23H27N3OS. The Bertz CT molecular complexity index is 867. The lowest BCUT2D eigenvalue weighted by Gasteiger charge is -2.34. The minimum atomic E-state index is 0.295. The van der Waals surface area contributed by atoms with Crippen LogP contribution in [0.2, 0.25) is 0 Å². The first kappa shape index (κ1) is 19.1. The van der Waals surface area contributed by atoms with Gasteiger partial charge in [0.2, 0.25) is 5.91 Å². The van der Waals surface area contributed by atoms with Crippen LogP contribution >= 0.6 is 11.3 Å². The van der Waals surface area contributed by atoms with Crippen LogP contribution in [0.5, 0.6) is 0 Å². The van der Waals surface area contributed by atoms with Crippen LogP contribution in [-0.2, 0) is 17.6 Å². The van der Waals surface area contributed by atoms with Crippen LogP contribution in [0, 0.1) is 0 Å². The molecule has 0 saturated carbocycles. The number of carbonyl (C=O) groups is 1. The number of hydrogen-bond donors (Lipinski definition) is 0. The van der Waals surface area contributed by atoms with Gasteiger partial charge in [-0.3, -0.25) is 9.69 Å². The van der Waals surface area contributed by atoms with Gasteiger partial charge in [-0.05, 0) is 37.0 Å². The molecule has 4 nitrogen and oxygen atoms in total. The molecule has 3 aromatic rings. The summed E-state index contributed by atoms with van der Waals surface area (Å²) < 4.78 is 1.23. The number of rotatable bonds is 7. The third kappa shape index (κ3) is 4.97. The molecule has 1 fully saturated rings. The van der Waals surface area contributed by atoms with Crippen LogP contribution in [0.25, 0.3) is 10.2 Å². The smallest absolute Gasteiger partial charge is 0.222 e. The van der Waals surface area contributed by atoms with Gasteiger partial charge < -0.3 is 4.90 Å². The number of benzene rings is 2. The Morgan fingerprint density at radius 1 is 0.929 bits per heavy atom. The van der Waals surface area contributed by atoms with Crippen molar-refractivity contribution in [3.05, 3.63) is 65.2 Å². The number of para-hydroxylation sites is 1. The topological polar surface area (TPSA) is 36.4 Å². The van der Waals surface area contributed by atoms with Crippen molar-refractivity contribution >= 4 is 27.5 Å². The van der Waals surface area contributed by atoms with E-state index in [1.54, 1.807) is 11.3 Å². The van der Waals surface area contributed by atoms with E-state index in [4.69, 9.17) is 0 Å². The first-order valence-corrected chi connectivity index (χ1v) is 11.0. The summed E-state index contributed by atoms with van der Waals surface area (Å²) in [4.78, 5) is 21.7. The van der Waals surface area contributed by atoms with Crippen LogP contribution in [0.1, 0.15) is 23.4 Å². The summed E-state index contributed by atoms with van der Waals surface area (Å²) in [6.07, 6.45) is 3.48. The molecule has 1 amide bonds. The Balaban J connectivity index is 1.17. The molecule has 2 heterocycles. The van der Waals surface area contributed by atoms with E-state index in [-0.39, 0.29) is 0 Å². The van der Waals surface area contributed by atoms with Gasteiger partial charge in [-0.2, -0.15) is 0 Å². The summed E-state index contributed by atoms with van der Waals surface area (Å²) in [5.74, 6) is 0.295. The van der Waals surface area contributed by atoms with Gasteiger partial charge in [0.1, 0.15) is 0 Å². The van der Waals surface area contributed by atoms with Crippen LogP contribution < -0.4 is 0 Å². The molecule has 146 valence electrons. The molecule has 0 spiro atoms. The van der Waals surface area contributed by atoms with E-state index in [9.17, 15) is 4.79 Å². The molecule has 1 aromatic heterocycles. The number of fused-ring (bicyclic) bond motifs is 1. The molecule has 1 aliphatic rings. The third-order valence-corrected chi connectivity index (χ3v) is 6.50. The fourth-order valence-corrected chi connectivity index (χ4v) is 4.74. The largest absolute Gasteiger partial charge is 0.340 e. The van der Waals surface area contributed by atoms with Gasteiger partial charge in [-0.1, -0.05) is 42.5 Å². The number of carbonyl (C=O) groups excluding carboxylic acids is 1. The van der Waals surface area contributed by atoms with Gasteiger partial charge in [0, 0.05) is 39.1 Å². The Kier molecular flexibility index (Phi) is 6.34. The lowest BCUT2D eigenvalue weighted by Crippen LogP contribution is -2.49. The van der Waals surface area contributed by atoms with Crippen LogP contribution in [0.4, 0.5) is 0 Å². The maximum absolute atomic E-state index is 12.5. The number of hydrogen-bond acceptors (Lipinski definition) is 4. The van der Waals surface area contributed by atoms with E-state index in [2.05, 4.69) is 52.3 Å². The van der Waals surface area contributed by atoms with Crippen LogP contribution in [-0.4, -0.2) is 53.4 Å². The average Bonchev–Trinajstić information content (AvgIpc) is 3.16. The molecule has 0 N–H and O–H groups in total. The normalized spacial score (nSPS) is 15.2. The molecule has 2 aromatic carbocycles. The summed E-state index contributed by atoms with van der Waals surface area (Å²) in [6, 6.07) is 18.9. The van der Waals surface area contributed by atoms with Crippen molar-refractivity contribution < 1.29 is 4.79 Å². The lowest BCUT2D eigenvalue weighted by atomic mass is 10.1. The zero-order valence-corrected chi connectivity index (χ0v) is 17.0. The van der Waals surface area contributed by atoms with Gasteiger partial charge in [0.05, 0.1) is 15.2 Å². The minimum absolute atomic E-state index is 0.295. The first-order valence-electron chi connectivity index (χ1n) is 10.2. The summed E-state index contributed by atoms with van der Waals surface area (Å²) in [7, 11) is 0. The maximum Gasteiger partial charge on any atom is 0.222 e. The molecule has 0 aliphatic carbocycles. The summed E-state index contributed by atoms with van der Waals surface area (Å²) in [6.45, 7) is 4.75. The number of amides is 1. The van der Waals surface area contributed by atoms with E-state index in [0.29, 0.717) is 12.3 Å². The fraction of sp³-hybridized carbons (Fsp3) is 0.391. The van der Waals surface area contributed by atoms with Crippen molar-refractivity contribution in [3.63, 3.8) is 0 Å². The van der Waals surface area contributed by atoms with Gasteiger partial charge in [0.25, 0.3) is 0 Å². The minimum Gasteiger partial charge on any atom is -0.340 e. The molecule has 1 saturated heterocycles. The highest BCUT2D eigenvalue weighted by atomic mass is 32.1. The quantitative estimate of drug-likeness (QED) is 0.609. The standard InChI is InChI=1S/C23H27N3OS/c27-23(12-6-11-22-24-20-9-4-5-10-21(20)28-22)26-17-15-25(16-18-26)14-13-19-7-2-1-3-8-19/h1-5,7-10H,6,11-18H2. The summed E-state index contributed by atoms with van der Waals surface area (Å²) in [5.41, 5.74) is 2.45. The third-order valence-electron chi connectivity index (χ3n) is 5.40. The highest BCUT2D eigenvalue weighted by Gasteiger charge is 2.20. The molecule has 1 aliphatic heterocycles. The highest BCUT2D eigenvalue weighted by Crippen LogP contribution is 2.22. The van der Waals surface area contributed by atoms with E-state index in [0.717, 1.165) is 62.5 Å². The summed E-state index contributed by atoms with van der Waals surface area (Å²) in [5, 5.41) is 1.14. The first-order chi connectivity index (χ1) is 13.8. The lowest BCUT2D eigenvalue weighted by molar-refractivity contribution is -0.133. The predicted octanol–water partition coefficient (Wildman–Crippen LogP) is 4.01. The van der Waals surface area contributed by atoms with E-state index < -0.39 is 0 Å². The second-order valence-electron chi connectivity index (χ2n) is 7.39. The Morgan fingerprint density at radius 2 is 1.68 bits per heavy atom. The predicted molar refractivity (Wildman–Crippen MR) is 116 cm³/mol. The zero-order chi connectivity index (χ0) is 19.2. The van der Waals surface area contributed by atoms with E-state index in [1.807, 2.05) is 17.0 Å². The monoisotopic (exact) mass is 393 g/mol. The number of thiazole rings is 1. The van der Waals surface area contributed by atoms with Crippen molar-refractivity contribution in [2.75, 3.05) is 32.7 Å². The number of aryl methyl sites for hydroxylation is 1. The Hall–Kier alpha value is -2.24. The van der Waals surface area contributed by atoms with Crippen molar-refractivity contribution in [2.24, 2.45) is 0 Å². The summed E-state index contributed by atoms with van der Waals surface area (Å²) >= 11 is 1.75. The molecule has 4 rings (SSSR count). The van der Waals surface area contributed by atoms with E-state index >= 15 is 0 Å². The van der Waals surface area contributed by atoms with Crippen molar-refractivity contribution in [1.29, 1.82) is 0 Å². The van der Waals surface area contributed by atoms with E-state index in [1.165, 1.54) is 10.3 Å². The second-order valence-corrected chi connectivity index (χ2v) is 8.50. The maximum atomic E-state index is 12.5. The molecule has 0 atom stereocenters. The van der Waals surface area contributed by atoms with Gasteiger partial charge in [-0.25, -0.2) is 4.98 Å². The van der Waals surface area contributed by atoms with Gasteiger partial charge >= 0.3 is 0 Å². The average molecular weight is 394 g/mol. The molecule has 28 heavy (non-hydrogen) atoms. The van der Waals surface area contributed by atoms with Crippen molar-refractivity contribution in [2.45, 2.75) is 25.7 Å². The van der Waals surface area contributed by atoms with Gasteiger partial charge in [-0.15, -0.1) is 11.3 Å². The highest BCUT2D eigenvalue weighted by molar-refractivity contribution is 7.18. The molecule has 5 heteroatoms. The Labute approximate surface area is 170 Å². The van der Waals surface area contributed by atoms with Crippen LogP contribution in [0.15, 0.2) is 54.6 Å². The number of piperazine rings is 1. The molecule has 0 radical (unpaired) electrons. The second kappa shape index (κ2) is 9.30. The van der Waals surface area contributed by atoms with Crippen molar-refractivity contribution in [1.82, 2.24) is 14.8 Å².